The number of hydrogen-bond donors (Lipinski definition) is 1. The highest BCUT2D eigenvalue weighted by Gasteiger charge is 2.13. The van der Waals surface area contributed by atoms with Crippen LogP contribution in [-0.4, -0.2) is 41.4 Å². The molecule has 0 bridgehead atoms. The van der Waals surface area contributed by atoms with Gasteiger partial charge in [0.25, 0.3) is 0 Å². The molecule has 0 aromatic heterocycles. The molecule has 0 fully saturated rings. The number of nitrogens with one attached hydrogen (secondary N) is 1. The third-order valence-corrected chi connectivity index (χ3v) is 5.17. The number of ether oxygens (including phenoxy) is 3. The maximum absolute atomic E-state index is 12.3. The summed E-state index contributed by atoms with van der Waals surface area (Å²) in [6.07, 6.45) is 0.410. The number of alkyl halides is 2. The first-order valence-electron chi connectivity index (χ1n) is 8.74. The molecule has 1 N–H and O–H groups in total. The predicted octanol–water partition coefficient (Wildman–Crippen LogP) is 3.22. The number of sulfonamides is 1. The van der Waals surface area contributed by atoms with Gasteiger partial charge in [-0.3, -0.25) is 0 Å². The molecule has 154 valence electrons. The zero-order chi connectivity index (χ0) is 20.4. The van der Waals surface area contributed by atoms with E-state index in [2.05, 4.69) is 9.46 Å². The molecule has 2 rings (SSSR count). The third kappa shape index (κ3) is 7.41. The van der Waals surface area contributed by atoms with Gasteiger partial charge < -0.3 is 14.2 Å². The second kappa shape index (κ2) is 10.9. The van der Waals surface area contributed by atoms with Gasteiger partial charge in [0, 0.05) is 13.2 Å². The highest BCUT2D eigenvalue weighted by Crippen LogP contribution is 2.17. The highest BCUT2D eigenvalue weighted by atomic mass is 32.2. The van der Waals surface area contributed by atoms with Crippen molar-refractivity contribution in [2.75, 3.05) is 26.4 Å². The van der Waals surface area contributed by atoms with Crippen molar-refractivity contribution in [1.29, 1.82) is 0 Å². The first-order chi connectivity index (χ1) is 13.4. The fourth-order valence-corrected chi connectivity index (χ4v) is 3.36. The Labute approximate surface area is 163 Å². The summed E-state index contributed by atoms with van der Waals surface area (Å²) in [6.45, 7) is 0.652. The molecule has 28 heavy (non-hydrogen) atoms. The summed E-state index contributed by atoms with van der Waals surface area (Å²) in [5.41, 5.74) is 0.794. The van der Waals surface area contributed by atoms with E-state index in [9.17, 15) is 17.2 Å². The largest absolute Gasteiger partial charge is 0.491 e. The Morgan fingerprint density at radius 3 is 2.21 bits per heavy atom. The van der Waals surface area contributed by atoms with Crippen LogP contribution in [0.4, 0.5) is 8.78 Å². The fraction of sp³-hybridized carbons (Fsp3) is 0.368. The van der Waals surface area contributed by atoms with Crippen molar-refractivity contribution < 1.29 is 31.4 Å². The normalized spacial score (nSPS) is 11.6. The molecule has 6 nitrogen and oxygen atoms in total. The van der Waals surface area contributed by atoms with Crippen LogP contribution in [0.1, 0.15) is 12.5 Å². The molecule has 0 spiro atoms. The lowest BCUT2D eigenvalue weighted by atomic mass is 10.1. The van der Waals surface area contributed by atoms with Gasteiger partial charge in [0.15, 0.2) is 0 Å². The van der Waals surface area contributed by atoms with Crippen molar-refractivity contribution in [2.45, 2.75) is 24.9 Å². The van der Waals surface area contributed by atoms with Crippen LogP contribution >= 0.6 is 0 Å². The van der Waals surface area contributed by atoms with Crippen LogP contribution in [0.3, 0.4) is 0 Å². The van der Waals surface area contributed by atoms with Crippen LogP contribution in [0.15, 0.2) is 53.4 Å². The summed E-state index contributed by atoms with van der Waals surface area (Å²) in [6, 6.07) is 12.2. The molecular weight excluding hydrogens is 392 g/mol. The van der Waals surface area contributed by atoms with E-state index in [1.54, 1.807) is 24.3 Å². The van der Waals surface area contributed by atoms with Gasteiger partial charge >= 0.3 is 6.61 Å². The van der Waals surface area contributed by atoms with Gasteiger partial charge in [-0.15, -0.1) is 0 Å². The molecular formula is C19H23F2NO5S. The van der Waals surface area contributed by atoms with Crippen LogP contribution in [0.5, 0.6) is 11.5 Å². The number of hydrogen-bond acceptors (Lipinski definition) is 5. The zero-order valence-corrected chi connectivity index (χ0v) is 16.3. The van der Waals surface area contributed by atoms with Gasteiger partial charge in [-0.05, 0) is 55.3 Å². The van der Waals surface area contributed by atoms with Crippen molar-refractivity contribution in [3.05, 3.63) is 54.1 Å². The van der Waals surface area contributed by atoms with Crippen molar-refractivity contribution in [2.24, 2.45) is 0 Å². The van der Waals surface area contributed by atoms with Crippen LogP contribution in [0.25, 0.3) is 0 Å². The van der Waals surface area contributed by atoms with Gasteiger partial charge in [0.2, 0.25) is 10.0 Å². The summed E-state index contributed by atoms with van der Waals surface area (Å²) < 4.78 is 66.3. The van der Waals surface area contributed by atoms with E-state index in [0.717, 1.165) is 5.56 Å². The molecule has 0 heterocycles. The van der Waals surface area contributed by atoms with Crippen LogP contribution in [0.2, 0.25) is 0 Å². The number of benzene rings is 2. The van der Waals surface area contributed by atoms with E-state index < -0.39 is 16.6 Å². The maximum atomic E-state index is 12.3. The van der Waals surface area contributed by atoms with Crippen LogP contribution in [-0.2, 0) is 21.2 Å². The Morgan fingerprint density at radius 2 is 1.61 bits per heavy atom. The van der Waals surface area contributed by atoms with E-state index in [1.165, 1.54) is 24.3 Å². The number of rotatable bonds is 12. The Kier molecular flexibility index (Phi) is 8.62. The Bertz CT molecular complexity index is 811. The Morgan fingerprint density at radius 1 is 0.964 bits per heavy atom. The molecule has 0 aliphatic carbocycles. The second-order valence-corrected chi connectivity index (χ2v) is 7.45. The first-order valence-corrected chi connectivity index (χ1v) is 10.2. The molecule has 0 saturated carbocycles. The lowest BCUT2D eigenvalue weighted by molar-refractivity contribution is -0.0498. The summed E-state index contributed by atoms with van der Waals surface area (Å²) in [7, 11) is -3.65. The second-order valence-electron chi connectivity index (χ2n) is 5.69. The molecule has 0 amide bonds. The van der Waals surface area contributed by atoms with Crippen molar-refractivity contribution in [1.82, 2.24) is 4.72 Å². The Balaban J connectivity index is 1.82. The van der Waals surface area contributed by atoms with Gasteiger partial charge in [-0.2, -0.15) is 8.78 Å². The molecule has 2 aromatic carbocycles. The van der Waals surface area contributed by atoms with Gasteiger partial charge in [0.1, 0.15) is 18.1 Å². The quantitative estimate of drug-likeness (QED) is 0.539. The molecule has 0 saturated heterocycles. The summed E-state index contributed by atoms with van der Waals surface area (Å²) in [4.78, 5) is 0.130. The molecule has 0 unspecified atom stereocenters. The van der Waals surface area contributed by atoms with Gasteiger partial charge in [0.05, 0.1) is 11.5 Å². The topological polar surface area (TPSA) is 73.9 Å². The predicted molar refractivity (Wildman–Crippen MR) is 100 cm³/mol. The minimum Gasteiger partial charge on any atom is -0.491 e. The van der Waals surface area contributed by atoms with Crippen LogP contribution in [0, 0.1) is 0 Å². The lowest BCUT2D eigenvalue weighted by Crippen LogP contribution is -2.26. The fourth-order valence-electron chi connectivity index (χ4n) is 2.33. The first kappa shape index (κ1) is 22.1. The van der Waals surface area contributed by atoms with Crippen molar-refractivity contribution in [3.8, 4) is 11.5 Å². The molecule has 9 heteroatoms. The monoisotopic (exact) mass is 415 g/mol. The summed E-state index contributed by atoms with van der Waals surface area (Å²) in [5, 5.41) is 0. The zero-order valence-electron chi connectivity index (χ0n) is 15.4. The lowest BCUT2D eigenvalue weighted by Gasteiger charge is -2.09. The van der Waals surface area contributed by atoms with Crippen molar-refractivity contribution in [3.63, 3.8) is 0 Å². The molecule has 0 aliphatic rings. The molecule has 0 aliphatic heterocycles. The van der Waals surface area contributed by atoms with Gasteiger partial charge in [-0.1, -0.05) is 12.1 Å². The smallest absolute Gasteiger partial charge is 0.387 e. The van der Waals surface area contributed by atoms with Gasteiger partial charge in [-0.25, -0.2) is 13.1 Å². The Hall–Kier alpha value is -2.23. The van der Waals surface area contributed by atoms with E-state index >= 15 is 0 Å². The van der Waals surface area contributed by atoms with Crippen molar-refractivity contribution >= 4 is 10.0 Å². The van der Waals surface area contributed by atoms with E-state index in [1.807, 2.05) is 6.92 Å². The SMILES string of the molecule is CCOCCOc1ccc(S(=O)(=O)NCCc2ccc(OC(F)F)cc2)cc1. The molecule has 0 atom stereocenters. The molecule has 2 aromatic rings. The minimum atomic E-state index is -3.65. The van der Waals surface area contributed by atoms with Crippen LogP contribution < -0.4 is 14.2 Å². The van der Waals surface area contributed by atoms with E-state index in [0.29, 0.717) is 32.0 Å². The minimum absolute atomic E-state index is 0.0582. The van der Waals surface area contributed by atoms with E-state index in [-0.39, 0.29) is 17.2 Å². The molecule has 0 radical (unpaired) electrons. The average molecular weight is 415 g/mol. The maximum Gasteiger partial charge on any atom is 0.387 e. The highest BCUT2D eigenvalue weighted by molar-refractivity contribution is 7.89. The standard InChI is InChI=1S/C19H23F2NO5S/c1-2-25-13-14-26-16-7-9-18(10-8-16)28(23,24)22-12-11-15-3-5-17(6-4-15)27-19(20)21/h3-10,19,22H,2,11-14H2,1H3. The third-order valence-electron chi connectivity index (χ3n) is 3.69. The summed E-state index contributed by atoms with van der Waals surface area (Å²) in [5.74, 6) is 0.618. The van der Waals surface area contributed by atoms with E-state index in [4.69, 9.17) is 9.47 Å². The summed E-state index contributed by atoms with van der Waals surface area (Å²) >= 11 is 0. The average Bonchev–Trinajstić information content (AvgIpc) is 2.66. The number of halogens is 2.